The van der Waals surface area contributed by atoms with E-state index in [0.29, 0.717) is 12.4 Å². The molecule has 0 aliphatic carbocycles. The summed E-state index contributed by atoms with van der Waals surface area (Å²) in [6.07, 6.45) is 1.88. The van der Waals surface area contributed by atoms with Gasteiger partial charge >= 0.3 is 5.97 Å². The van der Waals surface area contributed by atoms with Crippen LogP contribution >= 0.6 is 0 Å². The fraction of sp³-hybridized carbons (Fsp3) is 0.200. The van der Waals surface area contributed by atoms with Crippen LogP contribution in [0.15, 0.2) is 145 Å². The van der Waals surface area contributed by atoms with Crippen LogP contribution in [0.3, 0.4) is 0 Å². The van der Waals surface area contributed by atoms with Crippen LogP contribution < -0.4 is 0 Å². The second-order valence-electron chi connectivity index (χ2n) is 11.4. The molecule has 2 atom stereocenters. The summed E-state index contributed by atoms with van der Waals surface area (Å²) in [5.74, 6) is 0.327. The average molecular weight is 595 g/mol. The predicted molar refractivity (Wildman–Crippen MR) is 179 cm³/mol. The molecule has 5 heteroatoms. The monoisotopic (exact) mass is 594 g/mol. The van der Waals surface area contributed by atoms with E-state index < -0.39 is 11.6 Å². The van der Waals surface area contributed by atoms with Crippen molar-refractivity contribution in [3.63, 3.8) is 0 Å². The molecule has 1 N–H and O–H groups in total. The van der Waals surface area contributed by atoms with Crippen LogP contribution in [-0.4, -0.2) is 28.4 Å². The number of rotatable bonds is 11. The molecule has 1 aliphatic rings. The number of aryl methyl sites for hydroxylation is 2. The minimum atomic E-state index is -1.34. The molecule has 0 unspecified atom stereocenters. The SMILES string of the molecule is CCOC(=O)[C@]1(c2ccccc2)N=C(c2ccc(CO)cc2)N(Cc2ccccc2)[C@@H]1c1ccc(CCc2ccccc2)cc1. The molecule has 0 saturated carbocycles. The molecule has 1 aliphatic heterocycles. The molecule has 0 bridgehead atoms. The van der Waals surface area contributed by atoms with Gasteiger partial charge in [-0.05, 0) is 53.1 Å². The Labute approximate surface area is 265 Å². The van der Waals surface area contributed by atoms with Crippen molar-refractivity contribution in [2.75, 3.05) is 6.61 Å². The summed E-state index contributed by atoms with van der Waals surface area (Å²) in [5, 5.41) is 9.72. The first-order valence-corrected chi connectivity index (χ1v) is 15.6. The number of benzene rings is 5. The Hall–Kier alpha value is -5.00. The van der Waals surface area contributed by atoms with Crippen molar-refractivity contribution in [2.45, 2.75) is 44.5 Å². The molecule has 5 aromatic carbocycles. The van der Waals surface area contributed by atoms with Crippen molar-refractivity contribution in [1.29, 1.82) is 0 Å². The van der Waals surface area contributed by atoms with Crippen LogP contribution in [-0.2, 0) is 41.1 Å². The van der Waals surface area contributed by atoms with Gasteiger partial charge in [0.15, 0.2) is 0 Å². The van der Waals surface area contributed by atoms with E-state index >= 15 is 0 Å². The molecule has 5 nitrogen and oxygen atoms in total. The maximum Gasteiger partial charge on any atom is 0.341 e. The second kappa shape index (κ2) is 13.7. The maximum atomic E-state index is 14.4. The number of nitrogens with zero attached hydrogens (tertiary/aromatic N) is 2. The molecular weight excluding hydrogens is 556 g/mol. The normalized spacial score (nSPS) is 17.6. The molecule has 226 valence electrons. The van der Waals surface area contributed by atoms with E-state index in [1.54, 1.807) is 0 Å². The van der Waals surface area contributed by atoms with Gasteiger partial charge < -0.3 is 14.7 Å². The fourth-order valence-electron chi connectivity index (χ4n) is 6.23. The molecule has 0 saturated heterocycles. The first kappa shape index (κ1) is 30.0. The Morgan fingerprint density at radius 3 is 1.82 bits per heavy atom. The summed E-state index contributed by atoms with van der Waals surface area (Å²) in [6.45, 7) is 2.57. The van der Waals surface area contributed by atoms with Gasteiger partial charge in [-0.15, -0.1) is 0 Å². The lowest BCUT2D eigenvalue weighted by Gasteiger charge is -2.37. The van der Waals surface area contributed by atoms with E-state index in [1.807, 2.05) is 85.8 Å². The van der Waals surface area contributed by atoms with Crippen LogP contribution in [0, 0.1) is 0 Å². The Morgan fingerprint density at radius 2 is 1.24 bits per heavy atom. The van der Waals surface area contributed by atoms with Crippen molar-refractivity contribution in [3.8, 4) is 0 Å². The predicted octanol–water partition coefficient (Wildman–Crippen LogP) is 7.43. The largest absolute Gasteiger partial charge is 0.464 e. The summed E-state index contributed by atoms with van der Waals surface area (Å²) in [5.41, 5.74) is 5.75. The zero-order valence-electron chi connectivity index (χ0n) is 25.6. The lowest BCUT2D eigenvalue weighted by atomic mass is 9.79. The van der Waals surface area contributed by atoms with Gasteiger partial charge in [-0.3, -0.25) is 0 Å². The van der Waals surface area contributed by atoms with Crippen LogP contribution in [0.25, 0.3) is 0 Å². The van der Waals surface area contributed by atoms with Crippen molar-refractivity contribution < 1.29 is 14.6 Å². The minimum Gasteiger partial charge on any atom is -0.464 e. The number of hydrogen-bond donors (Lipinski definition) is 1. The summed E-state index contributed by atoms with van der Waals surface area (Å²) in [4.78, 5) is 22.0. The maximum absolute atomic E-state index is 14.4. The molecule has 0 amide bonds. The highest BCUT2D eigenvalue weighted by atomic mass is 16.5. The van der Waals surface area contributed by atoms with Gasteiger partial charge in [-0.1, -0.05) is 140 Å². The lowest BCUT2D eigenvalue weighted by Crippen LogP contribution is -2.44. The highest BCUT2D eigenvalue weighted by Gasteiger charge is 2.57. The van der Waals surface area contributed by atoms with Crippen molar-refractivity contribution in [2.24, 2.45) is 4.99 Å². The van der Waals surface area contributed by atoms with E-state index in [2.05, 4.69) is 65.6 Å². The van der Waals surface area contributed by atoms with Gasteiger partial charge in [0.05, 0.1) is 19.3 Å². The van der Waals surface area contributed by atoms with E-state index in [-0.39, 0.29) is 19.2 Å². The Bertz CT molecular complexity index is 1720. The smallest absolute Gasteiger partial charge is 0.341 e. The molecule has 0 radical (unpaired) electrons. The number of esters is 1. The number of aliphatic hydroxyl groups is 1. The van der Waals surface area contributed by atoms with Crippen LogP contribution in [0.4, 0.5) is 0 Å². The Balaban J connectivity index is 1.50. The Morgan fingerprint density at radius 1 is 0.711 bits per heavy atom. The molecule has 5 aromatic rings. The fourth-order valence-corrected chi connectivity index (χ4v) is 6.23. The van der Waals surface area contributed by atoms with E-state index in [0.717, 1.165) is 40.7 Å². The van der Waals surface area contributed by atoms with Crippen LogP contribution in [0.2, 0.25) is 0 Å². The third kappa shape index (κ3) is 6.31. The third-order valence-corrected chi connectivity index (χ3v) is 8.49. The van der Waals surface area contributed by atoms with Crippen molar-refractivity contribution in [1.82, 2.24) is 4.90 Å². The molecule has 0 aromatic heterocycles. The van der Waals surface area contributed by atoms with Gasteiger partial charge in [0.25, 0.3) is 0 Å². The zero-order chi connectivity index (χ0) is 31.1. The zero-order valence-corrected chi connectivity index (χ0v) is 25.6. The van der Waals surface area contributed by atoms with Crippen molar-refractivity contribution in [3.05, 3.63) is 178 Å². The third-order valence-electron chi connectivity index (χ3n) is 8.49. The molecule has 1 heterocycles. The van der Waals surface area contributed by atoms with Crippen molar-refractivity contribution >= 4 is 11.8 Å². The van der Waals surface area contributed by atoms with E-state index in [4.69, 9.17) is 9.73 Å². The minimum absolute atomic E-state index is 0.0451. The van der Waals surface area contributed by atoms with E-state index in [9.17, 15) is 9.90 Å². The number of hydrogen-bond acceptors (Lipinski definition) is 5. The van der Waals surface area contributed by atoms with E-state index in [1.165, 1.54) is 11.1 Å². The molecule has 45 heavy (non-hydrogen) atoms. The summed E-state index contributed by atoms with van der Waals surface area (Å²) >= 11 is 0. The van der Waals surface area contributed by atoms with Gasteiger partial charge in [-0.2, -0.15) is 0 Å². The van der Waals surface area contributed by atoms with Gasteiger partial charge in [-0.25, -0.2) is 9.79 Å². The molecule has 6 rings (SSSR count). The number of ether oxygens (including phenoxy) is 1. The number of aliphatic hydroxyl groups excluding tert-OH is 1. The first-order valence-electron chi connectivity index (χ1n) is 15.6. The van der Waals surface area contributed by atoms with Gasteiger partial charge in [0.2, 0.25) is 5.54 Å². The molecule has 0 spiro atoms. The highest BCUT2D eigenvalue weighted by Crippen LogP contribution is 2.50. The van der Waals surface area contributed by atoms with Gasteiger partial charge in [0.1, 0.15) is 5.84 Å². The first-order chi connectivity index (χ1) is 22.1. The van der Waals surface area contributed by atoms with Crippen LogP contribution in [0.5, 0.6) is 0 Å². The number of carbonyl (C=O) groups excluding carboxylic acids is 1. The molecular formula is C40H38N2O3. The number of aliphatic imine (C=N–C) groups is 1. The van der Waals surface area contributed by atoms with Crippen LogP contribution in [0.1, 0.15) is 51.9 Å². The quantitative estimate of drug-likeness (QED) is 0.162. The second-order valence-corrected chi connectivity index (χ2v) is 11.4. The average Bonchev–Trinajstić information content (AvgIpc) is 3.44. The molecule has 0 fully saturated rings. The number of amidine groups is 1. The Kier molecular flexibility index (Phi) is 9.18. The summed E-state index contributed by atoms with van der Waals surface area (Å²) in [7, 11) is 0. The standard InChI is InChI=1S/C40H38N2O3/c1-2-45-39(44)40(36-16-10-5-11-17-36)37(34-24-20-31(21-25-34)19-18-30-12-6-3-7-13-30)42(28-32-14-8-4-9-15-32)38(41-40)35-26-22-33(29-43)23-27-35/h3-17,20-27,37,43H,2,18-19,28-29H2,1H3/t37-,40-/m1/s1. The highest BCUT2D eigenvalue weighted by molar-refractivity contribution is 6.04. The van der Waals surface area contributed by atoms with Gasteiger partial charge in [0, 0.05) is 12.1 Å². The number of carbonyl (C=O) groups is 1. The summed E-state index contributed by atoms with van der Waals surface area (Å²) in [6, 6.07) is 46.5. The lowest BCUT2D eigenvalue weighted by molar-refractivity contribution is -0.151. The summed E-state index contributed by atoms with van der Waals surface area (Å²) < 4.78 is 5.86. The topological polar surface area (TPSA) is 62.1 Å².